The van der Waals surface area contributed by atoms with E-state index < -0.39 is 22.1 Å². The van der Waals surface area contributed by atoms with Crippen LogP contribution in [0.1, 0.15) is 36.4 Å². The zero-order valence-corrected chi connectivity index (χ0v) is 19.0. The minimum Gasteiger partial charge on any atom is -0.334 e. The lowest BCUT2D eigenvalue weighted by molar-refractivity contribution is -0.120. The van der Waals surface area contributed by atoms with E-state index in [9.17, 15) is 18.0 Å². The third-order valence-electron chi connectivity index (χ3n) is 6.14. The van der Waals surface area contributed by atoms with Crippen LogP contribution in [0.3, 0.4) is 0 Å². The fraction of sp³-hybridized carbons (Fsp3) is 0.476. The van der Waals surface area contributed by atoms with Gasteiger partial charge in [0.05, 0.1) is 17.0 Å². The number of hydrogen-bond acceptors (Lipinski definition) is 6. The molecule has 0 unspecified atom stereocenters. The largest absolute Gasteiger partial charge is 0.334 e. The van der Waals surface area contributed by atoms with E-state index in [1.165, 1.54) is 27.9 Å². The van der Waals surface area contributed by atoms with Crippen molar-refractivity contribution in [2.24, 2.45) is 5.92 Å². The summed E-state index contributed by atoms with van der Waals surface area (Å²) in [6, 6.07) is 5.34. The van der Waals surface area contributed by atoms with Crippen LogP contribution in [0.15, 0.2) is 40.7 Å². The highest BCUT2D eigenvalue weighted by atomic mass is 32.2. The Morgan fingerprint density at radius 1 is 1.13 bits per heavy atom. The molecule has 0 N–H and O–H groups in total. The molecule has 8 nitrogen and oxygen atoms in total. The highest BCUT2D eigenvalue weighted by molar-refractivity contribution is 7.89. The quantitative estimate of drug-likeness (QED) is 0.700. The Hall–Kier alpha value is -2.30. The van der Waals surface area contributed by atoms with Gasteiger partial charge in [0.2, 0.25) is 15.9 Å². The van der Waals surface area contributed by atoms with Gasteiger partial charge in [0, 0.05) is 31.2 Å². The van der Waals surface area contributed by atoms with E-state index in [0.29, 0.717) is 4.88 Å². The smallest absolute Gasteiger partial charge is 0.264 e. The first-order valence-corrected chi connectivity index (χ1v) is 12.8. The zero-order chi connectivity index (χ0) is 21.9. The summed E-state index contributed by atoms with van der Waals surface area (Å²) in [5, 5.41) is 1.84. The Kier molecular flexibility index (Phi) is 4.91. The number of fused-ring (bicyclic) bond motifs is 2. The highest BCUT2D eigenvalue weighted by Gasteiger charge is 2.54. The van der Waals surface area contributed by atoms with Crippen molar-refractivity contribution in [1.29, 1.82) is 0 Å². The molecule has 1 aliphatic carbocycles. The minimum absolute atomic E-state index is 0.0585. The van der Waals surface area contributed by atoms with Crippen molar-refractivity contribution >= 4 is 39.0 Å². The number of sulfonamides is 1. The lowest BCUT2D eigenvalue weighted by atomic mass is 10.1. The summed E-state index contributed by atoms with van der Waals surface area (Å²) in [5.74, 6) is -0.153. The van der Waals surface area contributed by atoms with Crippen LogP contribution < -0.4 is 4.90 Å². The number of likely N-dealkylation sites (tertiary alicyclic amines) is 1. The van der Waals surface area contributed by atoms with Crippen molar-refractivity contribution in [2.75, 3.05) is 18.0 Å². The Morgan fingerprint density at radius 2 is 1.87 bits per heavy atom. The van der Waals surface area contributed by atoms with E-state index in [2.05, 4.69) is 4.98 Å². The van der Waals surface area contributed by atoms with Gasteiger partial charge in [0.15, 0.2) is 5.82 Å². The van der Waals surface area contributed by atoms with Gasteiger partial charge in [-0.3, -0.25) is 14.5 Å². The zero-order valence-electron chi connectivity index (χ0n) is 17.3. The number of aromatic nitrogens is 1. The standard InChI is InChI=1S/C21H24N4O4S2/c1-13(2)25-16-12-23(21(27)17-5-4-10-30-17)11-15(16)24(20(26)14-7-8-14)19-18(31(25,28)29)6-3-9-22-19/h3-6,9-10,13-16H,7-8,11-12H2,1-2H3/t15-,16+/m0/s1. The first kappa shape index (κ1) is 20.6. The molecule has 10 heteroatoms. The molecule has 2 aromatic heterocycles. The average Bonchev–Trinajstić information content (AvgIpc) is 3.30. The first-order chi connectivity index (χ1) is 14.8. The monoisotopic (exact) mass is 460 g/mol. The van der Waals surface area contributed by atoms with E-state index >= 15 is 0 Å². The second-order valence-corrected chi connectivity index (χ2v) is 11.3. The SMILES string of the molecule is CC(C)N1[C@@H]2CN(C(=O)c3cccs3)C[C@@H]2N(C(=O)C2CC2)c2ncccc2S1(=O)=O. The molecular weight excluding hydrogens is 436 g/mol. The number of hydrogen-bond donors (Lipinski definition) is 0. The maximum atomic E-state index is 13.7. The fourth-order valence-electron chi connectivity index (χ4n) is 4.66. The van der Waals surface area contributed by atoms with Gasteiger partial charge < -0.3 is 4.90 Å². The van der Waals surface area contributed by atoms with E-state index in [1.807, 2.05) is 25.3 Å². The highest BCUT2D eigenvalue weighted by Crippen LogP contribution is 2.42. The lowest BCUT2D eigenvalue weighted by Gasteiger charge is -2.34. The Morgan fingerprint density at radius 3 is 2.52 bits per heavy atom. The number of pyridine rings is 1. The molecule has 2 atom stereocenters. The van der Waals surface area contributed by atoms with Gasteiger partial charge in [-0.05, 0) is 50.3 Å². The van der Waals surface area contributed by atoms with Crippen molar-refractivity contribution in [3.63, 3.8) is 0 Å². The van der Waals surface area contributed by atoms with Crippen LogP contribution in [-0.2, 0) is 14.8 Å². The van der Waals surface area contributed by atoms with E-state index in [-0.39, 0.29) is 47.6 Å². The Labute approximate surface area is 185 Å². The number of rotatable bonds is 3. The van der Waals surface area contributed by atoms with Gasteiger partial charge in [-0.25, -0.2) is 13.4 Å². The van der Waals surface area contributed by atoms with Crippen molar-refractivity contribution in [2.45, 2.75) is 49.7 Å². The molecular formula is C21H24N4O4S2. The Balaban J connectivity index is 1.65. The molecule has 5 rings (SSSR count). The number of amides is 2. The molecule has 2 aliphatic heterocycles. The van der Waals surface area contributed by atoms with Crippen LogP contribution in [0.25, 0.3) is 0 Å². The molecule has 31 heavy (non-hydrogen) atoms. The number of thiophene rings is 1. The molecule has 2 aromatic rings. The molecule has 1 saturated heterocycles. The van der Waals surface area contributed by atoms with Crippen LogP contribution in [0, 0.1) is 5.92 Å². The van der Waals surface area contributed by atoms with Crippen LogP contribution >= 0.6 is 11.3 Å². The first-order valence-electron chi connectivity index (χ1n) is 10.4. The molecule has 2 amide bonds. The number of nitrogens with zero attached hydrogens (tertiary/aromatic N) is 4. The number of carbonyl (C=O) groups excluding carboxylic acids is 2. The molecule has 0 aromatic carbocycles. The summed E-state index contributed by atoms with van der Waals surface area (Å²) in [5.41, 5.74) is 0. The molecule has 164 valence electrons. The molecule has 0 radical (unpaired) electrons. The molecule has 0 bridgehead atoms. The Bertz CT molecular complexity index is 1130. The molecule has 2 fully saturated rings. The summed E-state index contributed by atoms with van der Waals surface area (Å²) in [4.78, 5) is 34.8. The predicted octanol–water partition coefficient (Wildman–Crippen LogP) is 2.19. The van der Waals surface area contributed by atoms with Crippen LogP contribution in [0.2, 0.25) is 0 Å². The van der Waals surface area contributed by atoms with Crippen LogP contribution in [-0.4, -0.2) is 65.6 Å². The normalized spacial score (nSPS) is 25.3. The summed E-state index contributed by atoms with van der Waals surface area (Å²) in [7, 11) is -3.91. The fourth-order valence-corrected chi connectivity index (χ4v) is 7.33. The molecule has 1 saturated carbocycles. The number of carbonyl (C=O) groups is 2. The van der Waals surface area contributed by atoms with E-state index in [4.69, 9.17) is 0 Å². The molecule has 4 heterocycles. The second-order valence-electron chi connectivity index (χ2n) is 8.56. The second kappa shape index (κ2) is 7.39. The van der Waals surface area contributed by atoms with Gasteiger partial charge in [-0.2, -0.15) is 4.31 Å². The third-order valence-corrected chi connectivity index (χ3v) is 9.12. The topological polar surface area (TPSA) is 90.9 Å². The molecule has 0 spiro atoms. The summed E-state index contributed by atoms with van der Waals surface area (Å²) >= 11 is 1.36. The van der Waals surface area contributed by atoms with E-state index in [1.54, 1.807) is 21.9 Å². The van der Waals surface area contributed by atoms with Crippen molar-refractivity contribution < 1.29 is 18.0 Å². The average molecular weight is 461 g/mol. The van der Waals surface area contributed by atoms with Gasteiger partial charge in [-0.1, -0.05) is 6.07 Å². The summed E-state index contributed by atoms with van der Waals surface area (Å²) in [6.45, 7) is 4.16. The maximum absolute atomic E-state index is 13.7. The minimum atomic E-state index is -3.91. The van der Waals surface area contributed by atoms with Crippen molar-refractivity contribution in [3.8, 4) is 0 Å². The predicted molar refractivity (Wildman–Crippen MR) is 116 cm³/mol. The van der Waals surface area contributed by atoms with Gasteiger partial charge in [0.1, 0.15) is 4.90 Å². The van der Waals surface area contributed by atoms with Crippen LogP contribution in [0.5, 0.6) is 0 Å². The summed E-state index contributed by atoms with van der Waals surface area (Å²) in [6.07, 6.45) is 3.12. The van der Waals surface area contributed by atoms with Crippen molar-refractivity contribution in [3.05, 3.63) is 40.7 Å². The number of anilines is 1. The van der Waals surface area contributed by atoms with Gasteiger partial charge >= 0.3 is 0 Å². The van der Waals surface area contributed by atoms with Crippen LogP contribution in [0.4, 0.5) is 5.82 Å². The van der Waals surface area contributed by atoms with Crippen molar-refractivity contribution in [1.82, 2.24) is 14.2 Å². The van der Waals surface area contributed by atoms with Gasteiger partial charge in [-0.15, -0.1) is 11.3 Å². The van der Waals surface area contributed by atoms with Gasteiger partial charge in [0.25, 0.3) is 5.91 Å². The summed E-state index contributed by atoms with van der Waals surface area (Å²) < 4.78 is 28.9. The molecule has 3 aliphatic rings. The lowest BCUT2D eigenvalue weighted by Crippen LogP contribution is -2.54. The van der Waals surface area contributed by atoms with E-state index in [0.717, 1.165) is 12.8 Å². The third kappa shape index (κ3) is 3.28. The maximum Gasteiger partial charge on any atom is 0.264 e.